The lowest BCUT2D eigenvalue weighted by molar-refractivity contribution is -0.134. The van der Waals surface area contributed by atoms with E-state index in [9.17, 15) is 14.7 Å². The molecule has 5 nitrogen and oxygen atoms in total. The lowest BCUT2D eigenvalue weighted by Crippen LogP contribution is -2.24. The zero-order chi connectivity index (χ0) is 17.5. The molecule has 2 aromatic carbocycles. The van der Waals surface area contributed by atoms with Crippen LogP contribution in [0.5, 0.6) is 5.75 Å². The number of aliphatic carboxylic acids is 1. The summed E-state index contributed by atoms with van der Waals surface area (Å²) in [5.41, 5.74) is 1.22. The van der Waals surface area contributed by atoms with Gasteiger partial charge in [-0.05, 0) is 29.8 Å². The van der Waals surface area contributed by atoms with E-state index in [2.05, 4.69) is 5.32 Å². The first-order chi connectivity index (χ1) is 11.5. The van der Waals surface area contributed by atoms with E-state index in [0.717, 1.165) is 5.56 Å². The van der Waals surface area contributed by atoms with Crippen LogP contribution in [-0.2, 0) is 16.2 Å². The highest BCUT2D eigenvalue weighted by Crippen LogP contribution is 2.22. The normalized spacial score (nSPS) is 11.0. The molecule has 0 aliphatic rings. The Balaban J connectivity index is 2.23. The lowest BCUT2D eigenvalue weighted by atomic mass is 10.1. The standard InChI is InChI=1S/C18H16ClNO4/c1-12(21)20-16(18(22)23)10-14-6-2-3-8-17(14)24-11-13-5-4-7-15(19)9-13/h2-10H,11H2,1H3,(H,20,21)(H,22,23)/b16-10+. The van der Waals surface area contributed by atoms with Crippen LogP contribution in [0, 0.1) is 0 Å². The monoisotopic (exact) mass is 345 g/mol. The number of benzene rings is 2. The van der Waals surface area contributed by atoms with Crippen molar-refractivity contribution in [2.24, 2.45) is 0 Å². The van der Waals surface area contributed by atoms with Gasteiger partial charge in [-0.1, -0.05) is 41.9 Å². The minimum atomic E-state index is -1.23. The predicted octanol–water partition coefficient (Wildman–Crippen LogP) is 3.48. The van der Waals surface area contributed by atoms with E-state index >= 15 is 0 Å². The molecule has 0 aromatic heterocycles. The van der Waals surface area contributed by atoms with Crippen molar-refractivity contribution in [3.63, 3.8) is 0 Å². The molecule has 1 amide bonds. The first-order valence-corrected chi connectivity index (χ1v) is 7.52. The van der Waals surface area contributed by atoms with Gasteiger partial charge in [0.05, 0.1) is 0 Å². The number of rotatable bonds is 6. The Morgan fingerprint density at radius 3 is 2.62 bits per heavy atom. The average Bonchev–Trinajstić information content (AvgIpc) is 2.53. The van der Waals surface area contributed by atoms with Crippen LogP contribution in [-0.4, -0.2) is 17.0 Å². The Hall–Kier alpha value is -2.79. The number of carbonyl (C=O) groups is 2. The third-order valence-corrected chi connectivity index (χ3v) is 3.28. The van der Waals surface area contributed by atoms with E-state index < -0.39 is 11.9 Å². The molecule has 0 aliphatic carbocycles. The van der Waals surface area contributed by atoms with Gasteiger partial charge in [0.2, 0.25) is 5.91 Å². The summed E-state index contributed by atoms with van der Waals surface area (Å²) in [6.45, 7) is 1.53. The van der Waals surface area contributed by atoms with Crippen LogP contribution in [0.25, 0.3) is 6.08 Å². The highest BCUT2D eigenvalue weighted by molar-refractivity contribution is 6.30. The first-order valence-electron chi connectivity index (χ1n) is 7.14. The summed E-state index contributed by atoms with van der Waals surface area (Å²) in [4.78, 5) is 22.3. The van der Waals surface area contributed by atoms with Crippen molar-refractivity contribution >= 4 is 29.6 Å². The molecule has 24 heavy (non-hydrogen) atoms. The third kappa shape index (κ3) is 5.14. The molecule has 6 heteroatoms. The zero-order valence-electron chi connectivity index (χ0n) is 13.0. The SMILES string of the molecule is CC(=O)N/C(=C/c1ccccc1OCc1cccc(Cl)c1)C(=O)O. The van der Waals surface area contributed by atoms with Gasteiger partial charge >= 0.3 is 5.97 Å². The number of carbonyl (C=O) groups excluding carboxylic acids is 1. The van der Waals surface area contributed by atoms with E-state index in [-0.39, 0.29) is 12.3 Å². The van der Waals surface area contributed by atoms with Crippen molar-refractivity contribution < 1.29 is 19.4 Å². The van der Waals surface area contributed by atoms with E-state index in [1.54, 1.807) is 36.4 Å². The number of amides is 1. The Labute approximate surface area is 144 Å². The predicted molar refractivity (Wildman–Crippen MR) is 91.7 cm³/mol. The van der Waals surface area contributed by atoms with Crippen LogP contribution in [0.3, 0.4) is 0 Å². The van der Waals surface area contributed by atoms with Gasteiger partial charge in [0.25, 0.3) is 0 Å². The van der Waals surface area contributed by atoms with Gasteiger partial charge in [-0.3, -0.25) is 4.79 Å². The molecule has 0 saturated carbocycles. The van der Waals surface area contributed by atoms with Crippen LogP contribution in [0.15, 0.2) is 54.2 Å². The molecule has 0 heterocycles. The molecule has 0 spiro atoms. The summed E-state index contributed by atoms with van der Waals surface area (Å²) in [7, 11) is 0. The van der Waals surface area contributed by atoms with Crippen molar-refractivity contribution in [2.45, 2.75) is 13.5 Å². The van der Waals surface area contributed by atoms with Crippen LogP contribution in [0.4, 0.5) is 0 Å². The molecule has 2 N–H and O–H groups in total. The Morgan fingerprint density at radius 1 is 1.21 bits per heavy atom. The molecule has 0 radical (unpaired) electrons. The number of carboxylic acid groups (broad SMARTS) is 1. The number of ether oxygens (including phenoxy) is 1. The molecule has 0 unspecified atom stereocenters. The maximum atomic E-state index is 11.2. The van der Waals surface area contributed by atoms with Gasteiger partial charge < -0.3 is 15.2 Å². The van der Waals surface area contributed by atoms with Gasteiger partial charge in [-0.2, -0.15) is 0 Å². The quantitative estimate of drug-likeness (QED) is 0.786. The van der Waals surface area contributed by atoms with Gasteiger partial charge in [0.15, 0.2) is 0 Å². The molecule has 0 bridgehead atoms. The lowest BCUT2D eigenvalue weighted by Gasteiger charge is -2.10. The summed E-state index contributed by atoms with van der Waals surface area (Å²) < 4.78 is 5.75. The highest BCUT2D eigenvalue weighted by Gasteiger charge is 2.11. The molecule has 0 aliphatic heterocycles. The van der Waals surface area contributed by atoms with Crippen molar-refractivity contribution in [1.29, 1.82) is 0 Å². The molecule has 2 aromatic rings. The topological polar surface area (TPSA) is 75.6 Å². The molecular weight excluding hydrogens is 330 g/mol. The minimum Gasteiger partial charge on any atom is -0.488 e. The maximum absolute atomic E-state index is 11.2. The second-order valence-electron chi connectivity index (χ2n) is 5.00. The Kier molecular flexibility index (Phi) is 5.98. The summed E-state index contributed by atoms with van der Waals surface area (Å²) >= 11 is 5.94. The number of hydrogen-bond donors (Lipinski definition) is 2. The van der Waals surface area contributed by atoms with E-state index in [4.69, 9.17) is 16.3 Å². The molecule has 0 atom stereocenters. The Bertz CT molecular complexity index is 786. The zero-order valence-corrected chi connectivity index (χ0v) is 13.7. The molecule has 0 fully saturated rings. The summed E-state index contributed by atoms with van der Waals surface area (Å²) in [6, 6.07) is 14.2. The molecular formula is C18H16ClNO4. The molecule has 2 rings (SSSR count). The van der Waals surface area contributed by atoms with Crippen molar-refractivity contribution in [2.75, 3.05) is 0 Å². The third-order valence-electron chi connectivity index (χ3n) is 3.04. The van der Waals surface area contributed by atoms with Crippen LogP contribution >= 0.6 is 11.6 Å². The van der Waals surface area contributed by atoms with Crippen LogP contribution in [0.1, 0.15) is 18.1 Å². The smallest absolute Gasteiger partial charge is 0.352 e. The molecule has 0 saturated heterocycles. The van der Waals surface area contributed by atoms with Gasteiger partial charge in [-0.25, -0.2) is 4.79 Å². The van der Waals surface area contributed by atoms with Crippen molar-refractivity contribution in [1.82, 2.24) is 5.32 Å². The van der Waals surface area contributed by atoms with Gasteiger partial charge in [0.1, 0.15) is 18.1 Å². The maximum Gasteiger partial charge on any atom is 0.352 e. The van der Waals surface area contributed by atoms with Crippen molar-refractivity contribution in [3.8, 4) is 5.75 Å². The largest absolute Gasteiger partial charge is 0.488 e. The minimum absolute atomic E-state index is 0.221. The number of carboxylic acids is 1. The number of para-hydroxylation sites is 1. The van der Waals surface area contributed by atoms with Crippen molar-refractivity contribution in [3.05, 3.63) is 70.4 Å². The summed E-state index contributed by atoms with van der Waals surface area (Å²) in [5, 5.41) is 12.1. The molecule has 124 valence electrons. The van der Waals surface area contributed by atoms with E-state index in [1.165, 1.54) is 13.0 Å². The fraction of sp³-hybridized carbons (Fsp3) is 0.111. The van der Waals surface area contributed by atoms with E-state index in [0.29, 0.717) is 16.3 Å². The summed E-state index contributed by atoms with van der Waals surface area (Å²) in [5.74, 6) is -1.18. The van der Waals surface area contributed by atoms with Crippen LogP contribution < -0.4 is 10.1 Å². The second kappa shape index (κ2) is 8.17. The first kappa shape index (κ1) is 17.6. The fourth-order valence-electron chi connectivity index (χ4n) is 2.02. The number of halogens is 1. The fourth-order valence-corrected chi connectivity index (χ4v) is 2.23. The van der Waals surface area contributed by atoms with E-state index in [1.807, 2.05) is 12.1 Å². The highest BCUT2D eigenvalue weighted by atomic mass is 35.5. The number of nitrogens with one attached hydrogen (secondary N) is 1. The number of hydrogen-bond acceptors (Lipinski definition) is 3. The average molecular weight is 346 g/mol. The second-order valence-corrected chi connectivity index (χ2v) is 5.44. The summed E-state index contributed by atoms with van der Waals surface area (Å²) in [6.07, 6.45) is 1.36. The van der Waals surface area contributed by atoms with Crippen LogP contribution in [0.2, 0.25) is 5.02 Å². The Morgan fingerprint density at radius 2 is 1.96 bits per heavy atom. The van der Waals surface area contributed by atoms with Gasteiger partial charge in [-0.15, -0.1) is 0 Å². The van der Waals surface area contributed by atoms with Gasteiger partial charge in [0, 0.05) is 17.5 Å².